The molecule has 2 aromatic rings. The van der Waals surface area contributed by atoms with Crippen LogP contribution in [0.15, 0.2) is 12.7 Å². The first-order valence-electron chi connectivity index (χ1n) is 4.51. The van der Waals surface area contributed by atoms with Gasteiger partial charge in [0.1, 0.15) is 12.7 Å². The maximum Gasteiger partial charge on any atom is 0.441 e. The van der Waals surface area contributed by atoms with Gasteiger partial charge in [-0.05, 0) is 0 Å². The Morgan fingerprint density at radius 3 is 2.00 bits per heavy atom. The lowest BCUT2D eigenvalue weighted by molar-refractivity contribution is 0.191. The van der Waals surface area contributed by atoms with Crippen LogP contribution < -0.4 is 4.74 Å². The molecule has 10 heteroatoms. The van der Waals surface area contributed by atoms with Crippen molar-refractivity contribution in [1.82, 2.24) is 14.8 Å². The van der Waals surface area contributed by atoms with E-state index in [-0.39, 0.29) is 0 Å². The van der Waals surface area contributed by atoms with Crippen molar-refractivity contribution in [2.75, 3.05) is 0 Å². The van der Waals surface area contributed by atoms with Crippen LogP contribution in [0.5, 0.6) is 5.75 Å². The van der Waals surface area contributed by atoms with Crippen molar-refractivity contribution in [3.05, 3.63) is 41.7 Å². The van der Waals surface area contributed by atoms with Gasteiger partial charge in [-0.15, -0.1) is 5.10 Å². The summed E-state index contributed by atoms with van der Waals surface area (Å²) in [5.74, 6) is -13.0. The van der Waals surface area contributed by atoms with E-state index in [2.05, 4.69) is 14.8 Å². The zero-order valence-corrected chi connectivity index (χ0v) is 8.70. The van der Waals surface area contributed by atoms with Gasteiger partial charge in [0, 0.05) is 0 Å². The summed E-state index contributed by atoms with van der Waals surface area (Å²) in [5.41, 5.74) is 0. The van der Waals surface area contributed by atoms with Crippen LogP contribution in [0, 0.1) is 29.1 Å². The van der Waals surface area contributed by atoms with Crippen molar-refractivity contribution in [3.8, 4) is 5.75 Å². The number of benzene rings is 1. The summed E-state index contributed by atoms with van der Waals surface area (Å²) in [7, 11) is 0. The molecule has 0 radical (unpaired) electrons. The number of carbonyl (C=O) groups excluding carboxylic acids is 1. The fourth-order valence-corrected chi connectivity index (χ4v) is 1.11. The minimum atomic E-state index is -2.35. The number of aromatic nitrogens is 3. The van der Waals surface area contributed by atoms with Crippen LogP contribution in [-0.2, 0) is 0 Å². The zero-order valence-electron chi connectivity index (χ0n) is 8.70. The fraction of sp³-hybridized carbons (Fsp3) is 0. The highest BCUT2D eigenvalue weighted by Crippen LogP contribution is 2.29. The summed E-state index contributed by atoms with van der Waals surface area (Å²) >= 11 is 0. The van der Waals surface area contributed by atoms with E-state index in [0.717, 1.165) is 12.7 Å². The monoisotopic (exact) mass is 279 g/mol. The Kier molecular flexibility index (Phi) is 3.15. The average Bonchev–Trinajstić information content (AvgIpc) is 2.93. The summed E-state index contributed by atoms with van der Waals surface area (Å²) < 4.78 is 69.1. The van der Waals surface area contributed by atoms with Crippen molar-refractivity contribution in [2.45, 2.75) is 0 Å². The molecule has 1 heterocycles. The van der Waals surface area contributed by atoms with E-state index >= 15 is 0 Å². The Bertz CT molecular complexity index is 615. The summed E-state index contributed by atoms with van der Waals surface area (Å²) in [6, 6.07) is 0. The molecule has 100 valence electrons. The lowest BCUT2D eigenvalue weighted by Gasteiger charge is -2.07. The average molecular weight is 279 g/mol. The Labute approximate surface area is 101 Å². The lowest BCUT2D eigenvalue weighted by atomic mass is 10.2. The van der Waals surface area contributed by atoms with Gasteiger partial charge in [0.2, 0.25) is 34.8 Å². The van der Waals surface area contributed by atoms with E-state index in [1.165, 1.54) is 0 Å². The SMILES string of the molecule is O=C(Oc1c(F)c(F)c(F)c(F)c1F)n1cncn1. The summed E-state index contributed by atoms with van der Waals surface area (Å²) in [6.45, 7) is 0. The molecule has 1 aromatic heterocycles. The second kappa shape index (κ2) is 4.63. The molecule has 0 fully saturated rings. The summed E-state index contributed by atoms with van der Waals surface area (Å²) in [5, 5.41) is 3.26. The fourth-order valence-electron chi connectivity index (χ4n) is 1.11. The number of carbonyl (C=O) groups is 1. The van der Waals surface area contributed by atoms with Crippen LogP contribution >= 0.6 is 0 Å². The van der Waals surface area contributed by atoms with Gasteiger partial charge in [-0.3, -0.25) is 0 Å². The highest BCUT2D eigenvalue weighted by molar-refractivity contribution is 5.71. The van der Waals surface area contributed by atoms with E-state index in [0.29, 0.717) is 4.68 Å². The third-order valence-corrected chi connectivity index (χ3v) is 1.96. The van der Waals surface area contributed by atoms with E-state index in [1.54, 1.807) is 0 Å². The molecule has 0 atom stereocenters. The molecule has 1 aromatic carbocycles. The third-order valence-electron chi connectivity index (χ3n) is 1.96. The van der Waals surface area contributed by atoms with Crippen LogP contribution in [0.25, 0.3) is 0 Å². The Morgan fingerprint density at radius 2 is 1.53 bits per heavy atom. The Balaban J connectivity index is 2.44. The number of halogens is 5. The first kappa shape index (κ1) is 12.9. The highest BCUT2D eigenvalue weighted by Gasteiger charge is 2.29. The number of hydrogen-bond donors (Lipinski definition) is 0. The van der Waals surface area contributed by atoms with E-state index < -0.39 is 40.9 Å². The summed E-state index contributed by atoms with van der Waals surface area (Å²) in [6.07, 6.45) is 0.231. The zero-order chi connectivity index (χ0) is 14.2. The lowest BCUT2D eigenvalue weighted by Crippen LogP contribution is -2.19. The normalized spacial score (nSPS) is 10.6. The first-order valence-corrected chi connectivity index (χ1v) is 4.51. The maximum absolute atomic E-state index is 13.2. The number of ether oxygens (including phenoxy) is 1. The second-order valence-corrected chi connectivity index (χ2v) is 3.11. The molecular weight excluding hydrogens is 277 g/mol. The molecule has 5 nitrogen and oxygen atoms in total. The van der Waals surface area contributed by atoms with Crippen LogP contribution in [0.4, 0.5) is 26.7 Å². The maximum atomic E-state index is 13.2. The topological polar surface area (TPSA) is 57.0 Å². The van der Waals surface area contributed by atoms with Gasteiger partial charge in [-0.2, -0.15) is 13.5 Å². The molecule has 2 rings (SSSR count). The molecule has 0 unspecified atom stereocenters. The van der Waals surface area contributed by atoms with E-state index in [1.807, 2.05) is 0 Å². The van der Waals surface area contributed by atoms with Crippen LogP contribution in [-0.4, -0.2) is 20.9 Å². The molecule has 0 aliphatic heterocycles. The van der Waals surface area contributed by atoms with Crippen molar-refractivity contribution in [2.24, 2.45) is 0 Å². The first-order chi connectivity index (χ1) is 8.93. The molecule has 0 N–H and O–H groups in total. The van der Waals surface area contributed by atoms with Crippen molar-refractivity contribution < 1.29 is 31.5 Å². The third kappa shape index (κ3) is 2.11. The Morgan fingerprint density at radius 1 is 1.00 bits per heavy atom. The van der Waals surface area contributed by atoms with Crippen molar-refractivity contribution in [3.63, 3.8) is 0 Å². The quantitative estimate of drug-likeness (QED) is 0.455. The van der Waals surface area contributed by atoms with Gasteiger partial charge >= 0.3 is 6.09 Å². The molecule has 0 aliphatic rings. The Hall–Kier alpha value is -2.52. The second-order valence-electron chi connectivity index (χ2n) is 3.11. The van der Waals surface area contributed by atoms with Gasteiger partial charge < -0.3 is 4.74 Å². The molecule has 0 aliphatic carbocycles. The summed E-state index contributed by atoms with van der Waals surface area (Å²) in [4.78, 5) is 14.6. The predicted molar refractivity (Wildman–Crippen MR) is 47.7 cm³/mol. The smallest absolute Gasteiger partial charge is 0.402 e. The van der Waals surface area contributed by atoms with Gasteiger partial charge in [0.05, 0.1) is 0 Å². The van der Waals surface area contributed by atoms with Gasteiger partial charge in [-0.25, -0.2) is 22.9 Å². The number of rotatable bonds is 1. The number of nitrogens with zero attached hydrogens (tertiary/aromatic N) is 3. The minimum Gasteiger partial charge on any atom is -0.402 e. The van der Waals surface area contributed by atoms with E-state index in [9.17, 15) is 26.7 Å². The number of hydrogen-bond acceptors (Lipinski definition) is 4. The molecular formula is C9H2F5N3O2. The minimum absolute atomic E-state index is 0.401. The molecule has 0 saturated heterocycles. The molecule has 0 bridgehead atoms. The van der Waals surface area contributed by atoms with Crippen molar-refractivity contribution >= 4 is 6.09 Å². The molecule has 0 amide bonds. The van der Waals surface area contributed by atoms with Crippen LogP contribution in [0.2, 0.25) is 0 Å². The van der Waals surface area contributed by atoms with Crippen molar-refractivity contribution in [1.29, 1.82) is 0 Å². The van der Waals surface area contributed by atoms with E-state index in [4.69, 9.17) is 0 Å². The predicted octanol–water partition coefficient (Wildman–Crippen LogP) is 2.02. The van der Waals surface area contributed by atoms with Gasteiger partial charge in [-0.1, -0.05) is 0 Å². The molecule has 0 saturated carbocycles. The van der Waals surface area contributed by atoms with Crippen LogP contribution in [0.1, 0.15) is 0 Å². The largest absolute Gasteiger partial charge is 0.441 e. The highest BCUT2D eigenvalue weighted by atomic mass is 19.2. The molecule has 0 spiro atoms. The van der Waals surface area contributed by atoms with Gasteiger partial charge in [0.25, 0.3) is 0 Å². The standard InChI is InChI=1S/C9H2F5N3O2/c10-3-4(11)6(13)8(7(14)5(3)12)19-9(18)17-2-15-1-16-17/h1-2H. The van der Waals surface area contributed by atoms with Gasteiger partial charge in [0.15, 0.2) is 0 Å². The molecule has 19 heavy (non-hydrogen) atoms. The van der Waals surface area contributed by atoms with Crippen LogP contribution in [0.3, 0.4) is 0 Å².